The summed E-state index contributed by atoms with van der Waals surface area (Å²) in [5, 5.41) is 9.81. The minimum atomic E-state index is -1.07. The quantitative estimate of drug-likeness (QED) is 0.788. The van der Waals surface area contributed by atoms with E-state index in [0.717, 1.165) is 21.4 Å². The number of carboxylic acid groups (broad SMARTS) is 1. The van der Waals surface area contributed by atoms with Crippen LogP contribution in [0.5, 0.6) is 0 Å². The number of carbonyl (C=O) groups is 2. The summed E-state index contributed by atoms with van der Waals surface area (Å²) in [6.45, 7) is 1.17. The Balaban J connectivity index is 1.47. The number of fused-ring (bicyclic) bond motifs is 1. The van der Waals surface area contributed by atoms with Crippen LogP contribution < -0.4 is 5.73 Å². The maximum Gasteiger partial charge on any atom is 0.407 e. The van der Waals surface area contributed by atoms with Gasteiger partial charge in [0.2, 0.25) is 5.91 Å². The van der Waals surface area contributed by atoms with Gasteiger partial charge in [-0.05, 0) is 24.1 Å². The number of nitrogens with zero attached hydrogens (tertiary/aromatic N) is 3. The van der Waals surface area contributed by atoms with Gasteiger partial charge in [-0.2, -0.15) is 0 Å². The first-order chi connectivity index (χ1) is 12.0. The van der Waals surface area contributed by atoms with Gasteiger partial charge in [0, 0.05) is 30.4 Å². The van der Waals surface area contributed by atoms with Crippen LogP contribution in [0, 0.1) is 0 Å². The summed E-state index contributed by atoms with van der Waals surface area (Å²) in [7, 11) is 0. The third-order valence-electron chi connectivity index (χ3n) is 4.21. The molecule has 0 atom stereocenters. The molecule has 1 aliphatic rings. The molecule has 1 aliphatic heterocycles. The van der Waals surface area contributed by atoms with E-state index in [1.54, 1.807) is 12.3 Å². The molecule has 8 heteroatoms. The first-order valence-electron chi connectivity index (χ1n) is 8.01. The Bertz CT molecular complexity index is 795. The Morgan fingerprint density at radius 3 is 2.92 bits per heavy atom. The van der Waals surface area contributed by atoms with Gasteiger partial charge in [0.25, 0.3) is 0 Å². The molecule has 1 saturated heterocycles. The monoisotopic (exact) mass is 344 g/mol. The molecule has 25 heavy (non-hydrogen) atoms. The average molecular weight is 344 g/mol. The minimum absolute atomic E-state index is 0.115. The lowest BCUT2D eigenvalue weighted by molar-refractivity contribution is -0.141. The van der Waals surface area contributed by atoms with Crippen LogP contribution in [0.4, 0.5) is 10.5 Å². The minimum Gasteiger partial charge on any atom is -0.465 e. The predicted molar refractivity (Wildman–Crippen MR) is 92.0 cm³/mol. The first-order valence-corrected chi connectivity index (χ1v) is 8.01. The van der Waals surface area contributed by atoms with E-state index in [2.05, 4.69) is 4.98 Å². The van der Waals surface area contributed by atoms with Gasteiger partial charge in [-0.15, -0.1) is 0 Å². The van der Waals surface area contributed by atoms with Crippen LogP contribution >= 0.6 is 0 Å². The number of nitrogens with two attached hydrogens (primary N) is 1. The summed E-state index contributed by atoms with van der Waals surface area (Å²) in [6.07, 6.45) is 1.30. The van der Waals surface area contributed by atoms with Crippen LogP contribution in [0.1, 0.15) is 5.56 Å². The van der Waals surface area contributed by atoms with E-state index in [0.29, 0.717) is 31.8 Å². The summed E-state index contributed by atoms with van der Waals surface area (Å²) in [6, 6.07) is 7.68. The van der Waals surface area contributed by atoms with E-state index < -0.39 is 6.09 Å². The van der Waals surface area contributed by atoms with Gasteiger partial charge in [-0.3, -0.25) is 14.7 Å². The molecule has 2 amide bonds. The van der Waals surface area contributed by atoms with Gasteiger partial charge in [0.15, 0.2) is 0 Å². The van der Waals surface area contributed by atoms with Gasteiger partial charge >= 0.3 is 6.09 Å². The van der Waals surface area contributed by atoms with Crippen molar-refractivity contribution >= 4 is 28.6 Å². The predicted octanol–water partition coefficient (Wildman–Crippen LogP) is 1.16. The molecule has 2 aromatic rings. The largest absolute Gasteiger partial charge is 0.465 e. The number of amides is 2. The highest BCUT2D eigenvalue weighted by molar-refractivity contribution is 5.90. The number of hydrogen-bond donors (Lipinski definition) is 2. The van der Waals surface area contributed by atoms with Gasteiger partial charge in [0.05, 0.1) is 12.1 Å². The van der Waals surface area contributed by atoms with Crippen LogP contribution in [0.2, 0.25) is 0 Å². The second-order valence-electron chi connectivity index (χ2n) is 5.90. The molecule has 0 unspecified atom stereocenters. The Labute approximate surface area is 144 Å². The molecular weight excluding hydrogens is 324 g/mol. The molecule has 0 aliphatic carbocycles. The van der Waals surface area contributed by atoms with E-state index in [1.807, 2.05) is 18.2 Å². The lowest BCUT2D eigenvalue weighted by Gasteiger charge is -2.32. The molecule has 0 saturated carbocycles. The fourth-order valence-corrected chi connectivity index (χ4v) is 2.74. The van der Waals surface area contributed by atoms with Crippen molar-refractivity contribution < 1.29 is 19.4 Å². The number of anilines is 1. The fourth-order valence-electron chi connectivity index (χ4n) is 2.74. The van der Waals surface area contributed by atoms with Crippen molar-refractivity contribution in [1.29, 1.82) is 0 Å². The Morgan fingerprint density at radius 2 is 2.16 bits per heavy atom. The fraction of sp³-hybridized carbons (Fsp3) is 0.353. The number of aromatic nitrogens is 1. The molecule has 1 aromatic heterocycles. The van der Waals surface area contributed by atoms with Crippen molar-refractivity contribution in [3.8, 4) is 0 Å². The zero-order valence-corrected chi connectivity index (χ0v) is 13.7. The second-order valence-corrected chi connectivity index (χ2v) is 5.90. The number of carbonyl (C=O) groups excluding carboxylic acids is 1. The van der Waals surface area contributed by atoms with Gasteiger partial charge in [-0.25, -0.2) is 4.79 Å². The maximum atomic E-state index is 11.9. The Hall–Kier alpha value is -2.87. The zero-order valence-electron chi connectivity index (χ0n) is 13.7. The van der Waals surface area contributed by atoms with Crippen molar-refractivity contribution in [3.63, 3.8) is 0 Å². The second kappa shape index (κ2) is 7.35. The van der Waals surface area contributed by atoms with Crippen LogP contribution in [-0.2, 0) is 16.0 Å². The molecule has 3 rings (SSSR count). The summed E-state index contributed by atoms with van der Waals surface area (Å²) >= 11 is 0. The summed E-state index contributed by atoms with van der Waals surface area (Å²) in [5.41, 5.74) is 8.53. The van der Waals surface area contributed by atoms with E-state index >= 15 is 0 Å². The zero-order chi connectivity index (χ0) is 17.8. The molecule has 132 valence electrons. The number of nitrogen functional groups attached to an aromatic ring is 1. The van der Waals surface area contributed by atoms with Gasteiger partial charge in [-0.1, -0.05) is 12.1 Å². The van der Waals surface area contributed by atoms with Crippen LogP contribution in [0.3, 0.4) is 0 Å². The average Bonchev–Trinajstić information content (AvgIpc) is 2.59. The smallest absolute Gasteiger partial charge is 0.407 e. The Morgan fingerprint density at radius 1 is 1.32 bits per heavy atom. The van der Waals surface area contributed by atoms with Crippen molar-refractivity contribution in [3.05, 3.63) is 36.0 Å². The molecule has 1 fully saturated rings. The van der Waals surface area contributed by atoms with Crippen molar-refractivity contribution in [2.45, 2.75) is 6.42 Å². The molecule has 0 spiro atoms. The van der Waals surface area contributed by atoms with E-state index in [-0.39, 0.29) is 19.2 Å². The normalized spacial score (nSPS) is 15.0. The highest BCUT2D eigenvalue weighted by atomic mass is 16.5. The summed E-state index contributed by atoms with van der Waals surface area (Å²) in [4.78, 5) is 29.7. The molecule has 8 nitrogen and oxygen atoms in total. The van der Waals surface area contributed by atoms with Crippen molar-refractivity contribution in [1.82, 2.24) is 14.8 Å². The molecular formula is C17H20N4O4. The number of piperazine rings is 1. The molecule has 1 aromatic carbocycles. The molecule has 0 bridgehead atoms. The van der Waals surface area contributed by atoms with E-state index in [4.69, 9.17) is 15.6 Å². The topological polar surface area (TPSA) is 109 Å². The van der Waals surface area contributed by atoms with Crippen molar-refractivity contribution in [2.75, 3.05) is 38.7 Å². The number of ether oxygens (including phenoxy) is 1. The van der Waals surface area contributed by atoms with Gasteiger partial charge in [0.1, 0.15) is 13.3 Å². The third-order valence-corrected chi connectivity index (χ3v) is 4.21. The molecule has 3 N–H and O–H groups in total. The highest BCUT2D eigenvalue weighted by Gasteiger charge is 2.26. The summed E-state index contributed by atoms with van der Waals surface area (Å²) < 4.78 is 5.57. The standard InChI is InChI=1S/C17H20N4O4/c18-14-3-5-19-15-9-12(1-2-13(14)15)4-8-25-11-21-7-6-20(17(23)24)10-16(21)22/h1-3,5,9H,4,6-8,10-11H2,(H2,18,19)(H,23,24). The maximum absolute atomic E-state index is 11.9. The van der Waals surface area contributed by atoms with Crippen LogP contribution in [0.15, 0.2) is 30.5 Å². The van der Waals surface area contributed by atoms with Gasteiger partial charge < -0.3 is 20.5 Å². The molecule has 0 radical (unpaired) electrons. The van der Waals surface area contributed by atoms with Crippen molar-refractivity contribution in [2.24, 2.45) is 0 Å². The number of pyridine rings is 1. The van der Waals surface area contributed by atoms with Crippen LogP contribution in [0.25, 0.3) is 10.9 Å². The lowest BCUT2D eigenvalue weighted by Crippen LogP contribution is -2.52. The third kappa shape index (κ3) is 3.97. The number of rotatable bonds is 5. The van der Waals surface area contributed by atoms with E-state index in [9.17, 15) is 9.59 Å². The molecule has 2 heterocycles. The first kappa shape index (κ1) is 17.0. The highest BCUT2D eigenvalue weighted by Crippen LogP contribution is 2.20. The van der Waals surface area contributed by atoms with E-state index in [1.165, 1.54) is 4.90 Å². The summed E-state index contributed by atoms with van der Waals surface area (Å²) in [5.74, 6) is -0.237. The number of benzene rings is 1. The Kier molecular flexibility index (Phi) is 4.99. The number of hydrogen-bond acceptors (Lipinski definition) is 5. The lowest BCUT2D eigenvalue weighted by atomic mass is 10.1. The SMILES string of the molecule is Nc1ccnc2cc(CCOCN3CCN(C(=O)O)CC3=O)ccc12. The van der Waals surface area contributed by atoms with Crippen LogP contribution in [-0.4, -0.2) is 64.9 Å².